The summed E-state index contributed by atoms with van der Waals surface area (Å²) in [7, 11) is 0. The number of hydrogen-bond acceptors (Lipinski definition) is 4. The van der Waals surface area contributed by atoms with Crippen LogP contribution in [0.1, 0.15) is 10.6 Å². The molecule has 0 fully saturated rings. The number of fused-ring (bicyclic) bond motifs is 1. The summed E-state index contributed by atoms with van der Waals surface area (Å²) in [5.74, 6) is 0.675. The monoisotopic (exact) mass is 349 g/mol. The molecule has 102 valence electrons. The minimum atomic E-state index is -0.0470. The van der Waals surface area contributed by atoms with E-state index in [1.54, 1.807) is 11.3 Å². The third kappa shape index (κ3) is 2.70. The predicted molar refractivity (Wildman–Crippen MR) is 84.0 cm³/mol. The summed E-state index contributed by atoms with van der Waals surface area (Å²) >= 11 is 5.06. The van der Waals surface area contributed by atoms with Gasteiger partial charge in [0, 0.05) is 5.56 Å². The molecule has 1 aromatic heterocycles. The van der Waals surface area contributed by atoms with Crippen molar-refractivity contribution in [2.45, 2.75) is 13.2 Å². The van der Waals surface area contributed by atoms with Gasteiger partial charge in [0.1, 0.15) is 17.4 Å². The van der Waals surface area contributed by atoms with E-state index in [0.29, 0.717) is 12.4 Å². The molecule has 3 rings (SSSR count). The maximum Gasteiger partial charge on any atom is 0.140 e. The maximum absolute atomic E-state index is 9.34. The number of ether oxygens (including phenoxy) is 1. The highest BCUT2D eigenvalue weighted by atomic mass is 79.9. The summed E-state index contributed by atoms with van der Waals surface area (Å²) < 4.78 is 7.81. The lowest BCUT2D eigenvalue weighted by Gasteiger charge is -2.10. The molecule has 0 saturated carbocycles. The van der Waals surface area contributed by atoms with Gasteiger partial charge in [-0.2, -0.15) is 0 Å². The molecule has 1 heterocycles. The number of aliphatic hydroxyl groups excluding tert-OH is 1. The number of benzene rings is 2. The molecule has 0 bridgehead atoms. The van der Waals surface area contributed by atoms with E-state index in [4.69, 9.17) is 4.74 Å². The summed E-state index contributed by atoms with van der Waals surface area (Å²) in [5, 5.41) is 10.3. The minimum absolute atomic E-state index is 0.0470. The molecule has 5 heteroatoms. The topological polar surface area (TPSA) is 42.4 Å². The van der Waals surface area contributed by atoms with Crippen molar-refractivity contribution in [2.24, 2.45) is 0 Å². The highest BCUT2D eigenvalue weighted by Crippen LogP contribution is 2.30. The fourth-order valence-corrected chi connectivity index (χ4v) is 3.36. The Bertz CT molecular complexity index is 709. The van der Waals surface area contributed by atoms with Crippen molar-refractivity contribution in [3.63, 3.8) is 0 Å². The number of thiazole rings is 1. The van der Waals surface area contributed by atoms with Crippen molar-refractivity contribution in [3.05, 3.63) is 57.5 Å². The van der Waals surface area contributed by atoms with Gasteiger partial charge in [0.05, 0.1) is 21.3 Å². The molecule has 20 heavy (non-hydrogen) atoms. The standard InChI is InChI=1S/C15H12BrNO2S/c16-11-5-3-4-10(8-18)15(11)19-9-14-17-12-6-1-2-7-13(12)20-14/h1-7,18H,8-9H2. The van der Waals surface area contributed by atoms with Gasteiger partial charge in [0.15, 0.2) is 0 Å². The Morgan fingerprint density at radius 3 is 2.80 bits per heavy atom. The van der Waals surface area contributed by atoms with Crippen LogP contribution in [0.15, 0.2) is 46.9 Å². The first-order valence-corrected chi connectivity index (χ1v) is 7.74. The first kappa shape index (κ1) is 13.5. The Labute approximate surface area is 129 Å². The summed E-state index contributed by atoms with van der Waals surface area (Å²) in [4.78, 5) is 4.53. The fourth-order valence-electron chi connectivity index (χ4n) is 1.96. The Kier molecular flexibility index (Phi) is 4.00. The van der Waals surface area contributed by atoms with Crippen LogP contribution in [0.4, 0.5) is 0 Å². The summed E-state index contributed by atoms with van der Waals surface area (Å²) in [5.41, 5.74) is 1.76. The van der Waals surface area contributed by atoms with Crippen LogP contribution in [-0.2, 0) is 13.2 Å². The van der Waals surface area contributed by atoms with Crippen LogP contribution in [0.3, 0.4) is 0 Å². The van der Waals surface area contributed by atoms with Crippen molar-refractivity contribution >= 4 is 37.5 Å². The highest BCUT2D eigenvalue weighted by molar-refractivity contribution is 9.10. The zero-order valence-corrected chi connectivity index (χ0v) is 12.9. The van der Waals surface area contributed by atoms with Crippen LogP contribution in [0, 0.1) is 0 Å². The number of nitrogens with zero attached hydrogens (tertiary/aromatic N) is 1. The van der Waals surface area contributed by atoms with E-state index >= 15 is 0 Å². The molecule has 0 atom stereocenters. The lowest BCUT2D eigenvalue weighted by Crippen LogP contribution is -1.99. The normalized spacial score (nSPS) is 10.9. The zero-order valence-electron chi connectivity index (χ0n) is 10.5. The first-order valence-electron chi connectivity index (χ1n) is 6.13. The Morgan fingerprint density at radius 2 is 2.00 bits per heavy atom. The second-order valence-corrected chi connectivity index (χ2v) is 6.22. The average Bonchev–Trinajstić information content (AvgIpc) is 2.88. The highest BCUT2D eigenvalue weighted by Gasteiger charge is 2.09. The summed E-state index contributed by atoms with van der Waals surface area (Å²) in [6.07, 6.45) is 0. The largest absolute Gasteiger partial charge is 0.485 e. The fraction of sp³-hybridized carbons (Fsp3) is 0.133. The molecule has 0 aliphatic rings. The molecule has 2 aromatic carbocycles. The van der Waals surface area contributed by atoms with Gasteiger partial charge < -0.3 is 9.84 Å². The molecular weight excluding hydrogens is 338 g/mol. The Hall–Kier alpha value is -1.43. The number of aliphatic hydroxyl groups is 1. The lowest BCUT2D eigenvalue weighted by atomic mass is 10.2. The van der Waals surface area contributed by atoms with Crippen LogP contribution >= 0.6 is 27.3 Å². The third-order valence-electron chi connectivity index (χ3n) is 2.90. The van der Waals surface area contributed by atoms with E-state index in [9.17, 15) is 5.11 Å². The lowest BCUT2D eigenvalue weighted by molar-refractivity contribution is 0.258. The molecule has 3 aromatic rings. The quantitative estimate of drug-likeness (QED) is 0.769. The number of rotatable bonds is 4. The summed E-state index contributed by atoms with van der Waals surface area (Å²) in [6.45, 7) is 0.351. The smallest absolute Gasteiger partial charge is 0.140 e. The van der Waals surface area contributed by atoms with E-state index in [0.717, 1.165) is 25.3 Å². The molecule has 0 amide bonds. The van der Waals surface area contributed by atoms with Gasteiger partial charge in [-0.1, -0.05) is 24.3 Å². The molecule has 0 unspecified atom stereocenters. The van der Waals surface area contributed by atoms with Crippen LogP contribution in [-0.4, -0.2) is 10.1 Å². The van der Waals surface area contributed by atoms with E-state index in [2.05, 4.69) is 20.9 Å². The Balaban J connectivity index is 1.82. The van der Waals surface area contributed by atoms with E-state index in [1.165, 1.54) is 0 Å². The van der Waals surface area contributed by atoms with Crippen molar-refractivity contribution in [1.29, 1.82) is 0 Å². The van der Waals surface area contributed by atoms with Crippen LogP contribution in [0.2, 0.25) is 0 Å². The van der Waals surface area contributed by atoms with Gasteiger partial charge in [0.25, 0.3) is 0 Å². The number of hydrogen-bond donors (Lipinski definition) is 1. The van der Waals surface area contributed by atoms with Crippen molar-refractivity contribution in [1.82, 2.24) is 4.98 Å². The van der Waals surface area contributed by atoms with Gasteiger partial charge in [-0.15, -0.1) is 11.3 Å². The van der Waals surface area contributed by atoms with Gasteiger partial charge in [0.2, 0.25) is 0 Å². The number of halogens is 1. The van der Waals surface area contributed by atoms with Crippen LogP contribution in [0.25, 0.3) is 10.2 Å². The molecule has 3 nitrogen and oxygen atoms in total. The molecule has 0 spiro atoms. The van der Waals surface area contributed by atoms with Crippen LogP contribution < -0.4 is 4.74 Å². The summed E-state index contributed by atoms with van der Waals surface area (Å²) in [6, 6.07) is 13.6. The second kappa shape index (κ2) is 5.91. The average molecular weight is 350 g/mol. The maximum atomic E-state index is 9.34. The zero-order chi connectivity index (χ0) is 13.9. The molecule has 0 aliphatic carbocycles. The van der Waals surface area contributed by atoms with Crippen molar-refractivity contribution in [2.75, 3.05) is 0 Å². The number of para-hydroxylation sites is 2. The van der Waals surface area contributed by atoms with Crippen molar-refractivity contribution in [3.8, 4) is 5.75 Å². The number of aromatic nitrogens is 1. The van der Waals surface area contributed by atoms with Gasteiger partial charge in [-0.3, -0.25) is 0 Å². The van der Waals surface area contributed by atoms with Gasteiger partial charge >= 0.3 is 0 Å². The molecule has 1 N–H and O–H groups in total. The second-order valence-electron chi connectivity index (χ2n) is 4.25. The molecule has 0 aliphatic heterocycles. The first-order chi connectivity index (χ1) is 9.78. The van der Waals surface area contributed by atoms with E-state index in [-0.39, 0.29) is 6.61 Å². The van der Waals surface area contributed by atoms with Crippen LogP contribution in [0.5, 0.6) is 5.75 Å². The SMILES string of the molecule is OCc1cccc(Br)c1OCc1nc2ccccc2s1. The minimum Gasteiger partial charge on any atom is -0.485 e. The third-order valence-corrected chi connectivity index (χ3v) is 4.53. The Morgan fingerprint density at radius 1 is 1.15 bits per heavy atom. The molecular formula is C15H12BrNO2S. The molecule has 0 radical (unpaired) electrons. The molecule has 0 saturated heterocycles. The predicted octanol–water partition coefficient (Wildman–Crippen LogP) is 4.13. The van der Waals surface area contributed by atoms with Gasteiger partial charge in [-0.05, 0) is 34.1 Å². The van der Waals surface area contributed by atoms with E-state index in [1.807, 2.05) is 42.5 Å². The van der Waals surface area contributed by atoms with Gasteiger partial charge in [-0.25, -0.2) is 4.98 Å². The van der Waals surface area contributed by atoms with Crippen molar-refractivity contribution < 1.29 is 9.84 Å². The van der Waals surface area contributed by atoms with E-state index < -0.39 is 0 Å².